The van der Waals surface area contributed by atoms with Gasteiger partial charge in [0.15, 0.2) is 0 Å². The molecule has 0 aliphatic carbocycles. The number of hydrogen-bond acceptors (Lipinski definition) is 5. The first kappa shape index (κ1) is 20.9. The lowest BCUT2D eigenvalue weighted by atomic mass is 10.1. The predicted molar refractivity (Wildman–Crippen MR) is 119 cm³/mol. The van der Waals surface area contributed by atoms with Crippen LogP contribution in [0.2, 0.25) is 0 Å². The van der Waals surface area contributed by atoms with Gasteiger partial charge in [0, 0.05) is 22.2 Å². The summed E-state index contributed by atoms with van der Waals surface area (Å²) in [6.45, 7) is 0.599. The van der Waals surface area contributed by atoms with E-state index in [1.165, 1.54) is 5.56 Å². The van der Waals surface area contributed by atoms with Crippen LogP contribution in [-0.2, 0) is 23.4 Å². The van der Waals surface area contributed by atoms with E-state index in [0.717, 1.165) is 38.0 Å². The zero-order valence-corrected chi connectivity index (χ0v) is 18.7. The number of methoxy groups -OCH3 is 1. The number of benzene rings is 2. The highest BCUT2D eigenvalue weighted by molar-refractivity contribution is 9.10. The van der Waals surface area contributed by atoms with Gasteiger partial charge in [0.1, 0.15) is 10.1 Å². The van der Waals surface area contributed by atoms with Crippen molar-refractivity contribution in [1.29, 1.82) is 0 Å². The second kappa shape index (κ2) is 10.6. The summed E-state index contributed by atoms with van der Waals surface area (Å²) in [7, 11) is 1.65. The van der Waals surface area contributed by atoms with Crippen molar-refractivity contribution >= 4 is 44.9 Å². The molecule has 1 aromatic heterocycles. The molecule has 3 aromatic rings. The molecule has 0 fully saturated rings. The third kappa shape index (κ3) is 6.65. The third-order valence-electron chi connectivity index (χ3n) is 4.02. The van der Waals surface area contributed by atoms with Crippen LogP contribution in [0, 0.1) is 0 Å². The number of hydrogen-bond donors (Lipinski definition) is 1. The lowest BCUT2D eigenvalue weighted by Gasteiger charge is -2.06. The summed E-state index contributed by atoms with van der Waals surface area (Å²) in [5.74, 6) is 1.70. The van der Waals surface area contributed by atoms with E-state index in [9.17, 15) is 4.79 Å². The number of halogens is 1. The smallest absolute Gasteiger partial charge is 0.226 e. The molecule has 0 aliphatic heterocycles. The van der Waals surface area contributed by atoms with Crippen molar-refractivity contribution in [3.05, 3.63) is 75.2 Å². The van der Waals surface area contributed by atoms with Gasteiger partial charge in [-0.2, -0.15) is 0 Å². The van der Waals surface area contributed by atoms with Gasteiger partial charge in [-0.05, 0) is 41.8 Å². The summed E-state index contributed by atoms with van der Waals surface area (Å²) in [5, 5.41) is 4.93. The average molecular weight is 477 g/mol. The molecule has 3 rings (SSSR count). The van der Waals surface area contributed by atoms with Crippen molar-refractivity contribution in [1.82, 2.24) is 10.3 Å². The van der Waals surface area contributed by atoms with E-state index in [2.05, 4.69) is 38.4 Å². The number of nitrogens with one attached hydrogen (secondary N) is 1. The SMILES string of the molecule is COc1cccc(CCNC(=O)Cc2csc(SCc3ccc(Br)cc3)n2)c1. The molecule has 0 atom stereocenters. The fourth-order valence-electron chi connectivity index (χ4n) is 2.56. The largest absolute Gasteiger partial charge is 0.497 e. The standard InChI is InChI=1S/C21H21BrN2O2S2/c1-26-19-4-2-3-15(11-19)9-10-23-20(25)12-18-14-28-21(24-18)27-13-16-5-7-17(22)8-6-16/h2-8,11,14H,9-10,12-13H2,1H3,(H,23,25). The number of ether oxygens (including phenoxy) is 1. The van der Waals surface area contributed by atoms with Crippen LogP contribution in [0.4, 0.5) is 0 Å². The maximum Gasteiger partial charge on any atom is 0.226 e. The number of carbonyl (C=O) groups excluding carboxylic acids is 1. The first-order chi connectivity index (χ1) is 13.6. The van der Waals surface area contributed by atoms with Crippen molar-refractivity contribution in [3.8, 4) is 5.75 Å². The number of thiazole rings is 1. The Morgan fingerprint density at radius 3 is 2.82 bits per heavy atom. The Labute approximate surface area is 181 Å². The highest BCUT2D eigenvalue weighted by atomic mass is 79.9. The average Bonchev–Trinajstić information content (AvgIpc) is 3.15. The molecule has 7 heteroatoms. The lowest BCUT2D eigenvalue weighted by molar-refractivity contribution is -0.120. The summed E-state index contributed by atoms with van der Waals surface area (Å²) >= 11 is 6.73. The zero-order valence-electron chi connectivity index (χ0n) is 15.5. The van der Waals surface area contributed by atoms with Crippen LogP contribution < -0.4 is 10.1 Å². The van der Waals surface area contributed by atoms with Crippen molar-refractivity contribution in [2.24, 2.45) is 0 Å². The summed E-state index contributed by atoms with van der Waals surface area (Å²) in [6, 6.07) is 16.2. The van der Waals surface area contributed by atoms with Crippen molar-refractivity contribution in [3.63, 3.8) is 0 Å². The molecule has 1 amide bonds. The van der Waals surface area contributed by atoms with Crippen molar-refractivity contribution in [2.45, 2.75) is 22.9 Å². The van der Waals surface area contributed by atoms with Gasteiger partial charge in [0.25, 0.3) is 0 Å². The van der Waals surface area contributed by atoms with E-state index >= 15 is 0 Å². The Morgan fingerprint density at radius 2 is 2.04 bits per heavy atom. The van der Waals surface area contributed by atoms with Crippen LogP contribution in [0.15, 0.2) is 62.7 Å². The van der Waals surface area contributed by atoms with E-state index in [1.54, 1.807) is 30.2 Å². The molecular weight excluding hydrogens is 456 g/mol. The monoisotopic (exact) mass is 476 g/mol. The van der Waals surface area contributed by atoms with Gasteiger partial charge in [-0.3, -0.25) is 4.79 Å². The van der Waals surface area contributed by atoms with E-state index in [4.69, 9.17) is 4.74 Å². The van der Waals surface area contributed by atoms with Crippen LogP contribution in [-0.4, -0.2) is 24.5 Å². The molecule has 0 bridgehead atoms. The molecule has 2 aromatic carbocycles. The van der Waals surface area contributed by atoms with Crippen LogP contribution in [0.3, 0.4) is 0 Å². The van der Waals surface area contributed by atoms with Crippen LogP contribution in [0.25, 0.3) is 0 Å². The second-order valence-electron chi connectivity index (χ2n) is 6.15. The fraction of sp³-hybridized carbons (Fsp3) is 0.238. The Balaban J connectivity index is 1.41. The Bertz CT molecular complexity index is 913. The quantitative estimate of drug-likeness (QED) is 0.436. The molecule has 4 nitrogen and oxygen atoms in total. The van der Waals surface area contributed by atoms with E-state index in [0.29, 0.717) is 13.0 Å². The van der Waals surface area contributed by atoms with Crippen LogP contribution in [0.5, 0.6) is 5.75 Å². The molecule has 0 saturated carbocycles. The van der Waals surface area contributed by atoms with Gasteiger partial charge in [0.05, 0.1) is 19.2 Å². The summed E-state index contributed by atoms with van der Waals surface area (Å²) in [4.78, 5) is 16.7. The number of carbonyl (C=O) groups is 1. The van der Waals surface area contributed by atoms with Gasteiger partial charge in [-0.25, -0.2) is 4.98 Å². The van der Waals surface area contributed by atoms with E-state index < -0.39 is 0 Å². The predicted octanol–water partition coefficient (Wildman–Crippen LogP) is 5.11. The number of thioether (sulfide) groups is 1. The molecule has 0 spiro atoms. The van der Waals surface area contributed by atoms with Crippen LogP contribution in [0.1, 0.15) is 16.8 Å². The maximum atomic E-state index is 12.2. The Morgan fingerprint density at radius 1 is 1.21 bits per heavy atom. The first-order valence-corrected chi connectivity index (χ1v) is 11.5. The van der Waals surface area contributed by atoms with Gasteiger partial charge in [0.2, 0.25) is 5.91 Å². The zero-order chi connectivity index (χ0) is 19.8. The minimum atomic E-state index is -0.00217. The number of aromatic nitrogens is 1. The molecule has 1 heterocycles. The van der Waals surface area contributed by atoms with Crippen molar-refractivity contribution in [2.75, 3.05) is 13.7 Å². The number of amides is 1. The van der Waals surface area contributed by atoms with Gasteiger partial charge < -0.3 is 10.1 Å². The number of nitrogens with zero attached hydrogens (tertiary/aromatic N) is 1. The maximum absolute atomic E-state index is 12.2. The van der Waals surface area contributed by atoms with E-state index in [1.807, 2.05) is 41.8 Å². The molecule has 1 N–H and O–H groups in total. The molecule has 0 unspecified atom stereocenters. The highest BCUT2D eigenvalue weighted by Crippen LogP contribution is 2.27. The fourth-order valence-corrected chi connectivity index (χ4v) is 4.63. The second-order valence-corrected chi connectivity index (χ2v) is 9.14. The molecule has 0 aliphatic rings. The van der Waals surface area contributed by atoms with Gasteiger partial charge in [-0.15, -0.1) is 11.3 Å². The Hall–Kier alpha value is -1.83. The summed E-state index contributed by atoms with van der Waals surface area (Å²) < 4.78 is 7.29. The summed E-state index contributed by atoms with van der Waals surface area (Å²) in [5.41, 5.74) is 3.21. The minimum absolute atomic E-state index is 0.00217. The molecule has 28 heavy (non-hydrogen) atoms. The Kier molecular flexibility index (Phi) is 7.94. The van der Waals surface area contributed by atoms with E-state index in [-0.39, 0.29) is 5.91 Å². The molecule has 0 radical (unpaired) electrons. The minimum Gasteiger partial charge on any atom is -0.497 e. The molecular formula is C21H21BrN2O2S2. The summed E-state index contributed by atoms with van der Waals surface area (Å²) in [6.07, 6.45) is 1.09. The normalized spacial score (nSPS) is 10.6. The lowest BCUT2D eigenvalue weighted by Crippen LogP contribution is -2.27. The van der Waals surface area contributed by atoms with Crippen molar-refractivity contribution < 1.29 is 9.53 Å². The number of rotatable bonds is 9. The highest BCUT2D eigenvalue weighted by Gasteiger charge is 2.08. The topological polar surface area (TPSA) is 51.2 Å². The molecule has 146 valence electrons. The first-order valence-electron chi connectivity index (χ1n) is 8.83. The van der Waals surface area contributed by atoms with Gasteiger partial charge >= 0.3 is 0 Å². The van der Waals surface area contributed by atoms with Crippen LogP contribution >= 0.6 is 39.0 Å². The molecule has 0 saturated heterocycles. The third-order valence-corrected chi connectivity index (χ3v) is 6.69. The van der Waals surface area contributed by atoms with Gasteiger partial charge in [-0.1, -0.05) is 52.0 Å².